The van der Waals surface area contributed by atoms with Crippen LogP contribution < -0.4 is 0 Å². The van der Waals surface area contributed by atoms with Crippen molar-refractivity contribution in [2.24, 2.45) is 0 Å². The summed E-state index contributed by atoms with van der Waals surface area (Å²) in [6.07, 6.45) is 4.26. The molecule has 0 saturated heterocycles. The van der Waals surface area contributed by atoms with Crippen LogP contribution in [0.25, 0.3) is 11.1 Å². The Kier molecular flexibility index (Phi) is 2.83. The summed E-state index contributed by atoms with van der Waals surface area (Å²) in [6.45, 7) is 2.19. The molecule has 0 atom stereocenters. The van der Waals surface area contributed by atoms with Gasteiger partial charge in [-0.15, -0.1) is 0 Å². The molecular weight excluding hydrogens is 220 g/mol. The van der Waals surface area contributed by atoms with Crippen molar-refractivity contribution in [2.45, 2.75) is 32.6 Å². The van der Waals surface area contributed by atoms with Crippen molar-refractivity contribution >= 4 is 0 Å². The maximum absolute atomic E-state index is 10.1. The number of fused-ring (bicyclic) bond motifs is 3. The molecule has 3 rings (SSSR count). The monoisotopic (exact) mass is 238 g/mol. The van der Waals surface area contributed by atoms with Crippen LogP contribution in [0.5, 0.6) is 5.75 Å². The van der Waals surface area contributed by atoms with E-state index in [0.717, 1.165) is 31.2 Å². The van der Waals surface area contributed by atoms with Crippen LogP contribution in [0.15, 0.2) is 36.4 Å². The minimum Gasteiger partial charge on any atom is -0.508 e. The maximum Gasteiger partial charge on any atom is 0.119 e. The summed E-state index contributed by atoms with van der Waals surface area (Å²) in [5, 5.41) is 10.1. The van der Waals surface area contributed by atoms with Gasteiger partial charge in [-0.25, -0.2) is 0 Å². The van der Waals surface area contributed by atoms with Crippen LogP contribution in [0.2, 0.25) is 0 Å². The molecular formula is C17H18O. The Hall–Kier alpha value is -1.76. The molecule has 2 aromatic carbocycles. The van der Waals surface area contributed by atoms with Crippen molar-refractivity contribution in [3.8, 4) is 16.9 Å². The van der Waals surface area contributed by atoms with Crippen molar-refractivity contribution in [1.29, 1.82) is 0 Å². The predicted octanol–water partition coefficient (Wildman–Crippen LogP) is 4.31. The van der Waals surface area contributed by atoms with E-state index in [9.17, 15) is 5.11 Å². The van der Waals surface area contributed by atoms with Gasteiger partial charge in [0, 0.05) is 0 Å². The number of aromatic hydroxyl groups is 1. The fourth-order valence-corrected chi connectivity index (χ4v) is 2.90. The van der Waals surface area contributed by atoms with E-state index in [0.29, 0.717) is 5.75 Å². The molecule has 0 unspecified atom stereocenters. The number of rotatable bonds is 3. The molecule has 0 radical (unpaired) electrons. The van der Waals surface area contributed by atoms with E-state index >= 15 is 0 Å². The van der Waals surface area contributed by atoms with Crippen molar-refractivity contribution in [2.75, 3.05) is 0 Å². The van der Waals surface area contributed by atoms with Crippen molar-refractivity contribution < 1.29 is 5.11 Å². The molecule has 0 amide bonds. The number of phenols is 1. The third-order valence-electron chi connectivity index (χ3n) is 3.86. The predicted molar refractivity (Wildman–Crippen MR) is 75.0 cm³/mol. The van der Waals surface area contributed by atoms with E-state index in [4.69, 9.17) is 0 Å². The highest BCUT2D eigenvalue weighted by atomic mass is 16.3. The lowest BCUT2D eigenvalue weighted by Gasteiger charge is -2.10. The molecule has 0 fully saturated rings. The molecule has 2 aromatic rings. The molecule has 1 nitrogen and oxygen atoms in total. The molecule has 1 heteroatoms. The highest BCUT2D eigenvalue weighted by Crippen LogP contribution is 2.41. The summed E-state index contributed by atoms with van der Waals surface area (Å²) >= 11 is 0. The number of phenolic OH excluding ortho intramolecular Hbond substituents is 1. The van der Waals surface area contributed by atoms with Gasteiger partial charge in [-0.1, -0.05) is 43.7 Å². The first-order valence-electron chi connectivity index (χ1n) is 6.73. The van der Waals surface area contributed by atoms with Crippen molar-refractivity contribution in [3.05, 3.63) is 53.1 Å². The third-order valence-corrected chi connectivity index (χ3v) is 3.86. The molecule has 0 aliphatic heterocycles. The molecule has 0 bridgehead atoms. The smallest absolute Gasteiger partial charge is 0.119 e. The Balaban J connectivity index is 2.10. The molecule has 0 aromatic heterocycles. The highest BCUT2D eigenvalue weighted by molar-refractivity contribution is 5.79. The summed E-state index contributed by atoms with van der Waals surface area (Å²) in [5.41, 5.74) is 6.53. The van der Waals surface area contributed by atoms with E-state index in [1.54, 1.807) is 0 Å². The van der Waals surface area contributed by atoms with Crippen LogP contribution in [0.3, 0.4) is 0 Å². The summed E-state index contributed by atoms with van der Waals surface area (Å²) in [7, 11) is 0. The molecule has 1 N–H and O–H groups in total. The second-order valence-corrected chi connectivity index (χ2v) is 5.03. The number of unbranched alkanes of at least 4 members (excludes halogenated alkanes) is 1. The van der Waals surface area contributed by atoms with Crippen LogP contribution in [0.4, 0.5) is 0 Å². The van der Waals surface area contributed by atoms with E-state index in [1.807, 2.05) is 6.07 Å². The zero-order valence-electron chi connectivity index (χ0n) is 10.7. The van der Waals surface area contributed by atoms with Crippen LogP contribution >= 0.6 is 0 Å². The third kappa shape index (κ3) is 1.71. The Labute approximate surface area is 108 Å². The van der Waals surface area contributed by atoms with Crippen LogP contribution in [0.1, 0.15) is 36.5 Å². The molecule has 0 spiro atoms. The zero-order valence-corrected chi connectivity index (χ0v) is 10.7. The van der Waals surface area contributed by atoms with Gasteiger partial charge in [-0.2, -0.15) is 0 Å². The van der Waals surface area contributed by atoms with Gasteiger partial charge in [-0.3, -0.25) is 0 Å². The Morgan fingerprint density at radius 2 is 1.89 bits per heavy atom. The fourth-order valence-electron chi connectivity index (χ4n) is 2.90. The van der Waals surface area contributed by atoms with Gasteiger partial charge in [-0.05, 0) is 53.1 Å². The van der Waals surface area contributed by atoms with Gasteiger partial charge in [0.25, 0.3) is 0 Å². The molecule has 18 heavy (non-hydrogen) atoms. The summed E-state index contributed by atoms with van der Waals surface area (Å²) < 4.78 is 0. The summed E-state index contributed by atoms with van der Waals surface area (Å²) in [4.78, 5) is 0. The van der Waals surface area contributed by atoms with Gasteiger partial charge < -0.3 is 5.11 Å². The highest BCUT2D eigenvalue weighted by Gasteiger charge is 2.22. The number of hydrogen-bond donors (Lipinski definition) is 1. The molecule has 0 saturated carbocycles. The number of hydrogen-bond acceptors (Lipinski definition) is 1. The molecule has 0 heterocycles. The van der Waals surface area contributed by atoms with Gasteiger partial charge in [0.15, 0.2) is 0 Å². The van der Waals surface area contributed by atoms with Crippen LogP contribution in [0, 0.1) is 0 Å². The standard InChI is InChI=1S/C17H18O/c1-2-3-7-15-16-11-12-6-4-5-8-13(12)14(16)9-10-17(15)18/h4-6,8-10,18H,2-3,7,11H2,1H3. The zero-order chi connectivity index (χ0) is 12.5. The number of benzene rings is 2. The van der Waals surface area contributed by atoms with E-state index in [1.165, 1.54) is 22.3 Å². The normalized spacial score (nSPS) is 12.3. The Bertz CT molecular complexity index is 584. The average molecular weight is 238 g/mol. The quantitative estimate of drug-likeness (QED) is 0.721. The Morgan fingerprint density at radius 3 is 2.72 bits per heavy atom. The first kappa shape index (κ1) is 11.3. The van der Waals surface area contributed by atoms with Crippen molar-refractivity contribution in [1.82, 2.24) is 0 Å². The van der Waals surface area contributed by atoms with Crippen LogP contribution in [-0.4, -0.2) is 5.11 Å². The maximum atomic E-state index is 10.1. The summed E-state index contributed by atoms with van der Waals surface area (Å²) in [6, 6.07) is 12.5. The fraction of sp³-hybridized carbons (Fsp3) is 0.294. The van der Waals surface area contributed by atoms with Crippen LogP contribution in [-0.2, 0) is 12.8 Å². The minimum absolute atomic E-state index is 0.468. The van der Waals surface area contributed by atoms with Gasteiger partial charge in [0.05, 0.1) is 0 Å². The van der Waals surface area contributed by atoms with Gasteiger partial charge in [0.2, 0.25) is 0 Å². The topological polar surface area (TPSA) is 20.2 Å². The van der Waals surface area contributed by atoms with Gasteiger partial charge in [0.1, 0.15) is 5.75 Å². The van der Waals surface area contributed by atoms with Gasteiger partial charge >= 0.3 is 0 Å². The molecule has 92 valence electrons. The van der Waals surface area contributed by atoms with E-state index in [2.05, 4.69) is 37.3 Å². The largest absolute Gasteiger partial charge is 0.508 e. The molecule has 1 aliphatic rings. The average Bonchev–Trinajstić information content (AvgIpc) is 2.76. The second-order valence-electron chi connectivity index (χ2n) is 5.03. The lowest BCUT2D eigenvalue weighted by Crippen LogP contribution is -1.94. The Morgan fingerprint density at radius 1 is 1.06 bits per heavy atom. The first-order valence-corrected chi connectivity index (χ1v) is 6.73. The lowest BCUT2D eigenvalue weighted by molar-refractivity contribution is 0.466. The molecule has 1 aliphatic carbocycles. The van der Waals surface area contributed by atoms with E-state index in [-0.39, 0.29) is 0 Å². The summed E-state index contributed by atoms with van der Waals surface area (Å²) in [5.74, 6) is 0.468. The van der Waals surface area contributed by atoms with E-state index < -0.39 is 0 Å². The SMILES string of the molecule is CCCCc1c(O)ccc2c1Cc1ccccc1-2. The second kappa shape index (κ2) is 4.49. The first-order chi connectivity index (χ1) is 8.81. The minimum atomic E-state index is 0.468. The van der Waals surface area contributed by atoms with Crippen molar-refractivity contribution in [3.63, 3.8) is 0 Å². The lowest BCUT2D eigenvalue weighted by atomic mass is 9.96.